The SMILES string of the molecule is CCC1(O)C(=O)OCc2c1cc1n(c2=O)Cc2c-1nc1cc3c(cc1c2CN1CCN(C(C)C)CC1)OCCO3. The van der Waals surface area contributed by atoms with Crippen LogP contribution in [0.4, 0.5) is 0 Å². The van der Waals surface area contributed by atoms with Gasteiger partial charge in [0.25, 0.3) is 5.56 Å². The van der Waals surface area contributed by atoms with Gasteiger partial charge in [-0.15, -0.1) is 0 Å². The summed E-state index contributed by atoms with van der Waals surface area (Å²) < 4.78 is 18.7. The number of cyclic esters (lactones) is 1. The van der Waals surface area contributed by atoms with Crippen LogP contribution in [0.3, 0.4) is 0 Å². The molecule has 210 valence electrons. The largest absolute Gasteiger partial charge is 0.486 e. The molecule has 0 spiro atoms. The highest BCUT2D eigenvalue weighted by molar-refractivity contribution is 5.91. The number of fused-ring (bicyclic) bond motifs is 6. The van der Waals surface area contributed by atoms with Crippen molar-refractivity contribution >= 4 is 16.9 Å². The first-order valence-electron chi connectivity index (χ1n) is 14.2. The van der Waals surface area contributed by atoms with E-state index >= 15 is 0 Å². The quantitative estimate of drug-likeness (QED) is 0.386. The molecule has 1 atom stereocenters. The van der Waals surface area contributed by atoms with Crippen LogP contribution in [0.5, 0.6) is 11.5 Å². The van der Waals surface area contributed by atoms with E-state index < -0.39 is 11.6 Å². The van der Waals surface area contributed by atoms with Gasteiger partial charge in [0.05, 0.1) is 29.0 Å². The molecular weight excluding hydrogens is 512 g/mol. The van der Waals surface area contributed by atoms with E-state index in [4.69, 9.17) is 19.2 Å². The Kier molecular flexibility index (Phi) is 5.92. The second-order valence-corrected chi connectivity index (χ2v) is 11.4. The molecule has 10 nitrogen and oxygen atoms in total. The maximum absolute atomic E-state index is 13.8. The van der Waals surface area contributed by atoms with Crippen LogP contribution in [0, 0.1) is 0 Å². The van der Waals surface area contributed by atoms with Crippen LogP contribution >= 0.6 is 0 Å². The molecule has 3 aromatic rings. The predicted molar refractivity (Wildman–Crippen MR) is 148 cm³/mol. The average molecular weight is 547 g/mol. The summed E-state index contributed by atoms with van der Waals surface area (Å²) in [6, 6.07) is 6.23. The molecule has 0 aliphatic carbocycles. The monoisotopic (exact) mass is 546 g/mol. The first-order valence-corrected chi connectivity index (χ1v) is 14.2. The average Bonchev–Trinajstić information content (AvgIpc) is 3.33. The molecule has 1 N–H and O–H groups in total. The molecule has 0 amide bonds. The summed E-state index contributed by atoms with van der Waals surface area (Å²) in [6.07, 6.45) is 0.108. The third-order valence-corrected chi connectivity index (χ3v) is 8.99. The highest BCUT2D eigenvalue weighted by Gasteiger charge is 2.45. The van der Waals surface area contributed by atoms with E-state index in [0.717, 1.165) is 54.8 Å². The minimum absolute atomic E-state index is 0.108. The maximum Gasteiger partial charge on any atom is 0.343 e. The van der Waals surface area contributed by atoms with Crippen LogP contribution in [-0.2, 0) is 34.8 Å². The van der Waals surface area contributed by atoms with Gasteiger partial charge in [-0.25, -0.2) is 9.78 Å². The van der Waals surface area contributed by atoms with E-state index in [1.807, 2.05) is 12.1 Å². The Morgan fingerprint density at radius 2 is 1.73 bits per heavy atom. The van der Waals surface area contributed by atoms with Crippen LogP contribution in [0.25, 0.3) is 22.3 Å². The minimum Gasteiger partial charge on any atom is -0.486 e. The second kappa shape index (κ2) is 9.29. The molecule has 10 heteroatoms. The van der Waals surface area contributed by atoms with E-state index in [0.29, 0.717) is 59.8 Å². The Hall–Kier alpha value is -3.47. The van der Waals surface area contributed by atoms with Gasteiger partial charge in [0, 0.05) is 61.3 Å². The van der Waals surface area contributed by atoms with Gasteiger partial charge < -0.3 is 23.9 Å². The third kappa shape index (κ3) is 3.77. The number of esters is 1. The standard InChI is InChI=1S/C30H34N4O6/c1-4-30(37)22-12-24-27-20(15-34(24)28(35)21(22)16-40-29(30)36)19(14-32-5-7-33(8-6-32)17(2)3)18-11-25-26(13-23(18)31-27)39-10-9-38-25/h11-13,17,37H,4-10,14-16H2,1-3H3. The second-order valence-electron chi connectivity index (χ2n) is 11.4. The lowest BCUT2D eigenvalue weighted by atomic mass is 9.86. The first kappa shape index (κ1) is 25.5. The number of hydrogen-bond acceptors (Lipinski definition) is 9. The fraction of sp³-hybridized carbons (Fsp3) is 0.500. The summed E-state index contributed by atoms with van der Waals surface area (Å²) in [5.74, 6) is 0.645. The van der Waals surface area contributed by atoms with Crippen LogP contribution in [0.1, 0.15) is 49.4 Å². The van der Waals surface area contributed by atoms with Gasteiger partial charge in [-0.2, -0.15) is 0 Å². The maximum atomic E-state index is 13.8. The number of piperazine rings is 1. The van der Waals surface area contributed by atoms with Gasteiger partial charge in [0.2, 0.25) is 0 Å². The highest BCUT2D eigenvalue weighted by Crippen LogP contribution is 2.43. The molecule has 4 aliphatic rings. The fourth-order valence-corrected chi connectivity index (χ4v) is 6.54. The van der Waals surface area contributed by atoms with Gasteiger partial charge in [-0.05, 0) is 38.0 Å². The molecule has 0 bridgehead atoms. The molecule has 1 aromatic carbocycles. The lowest BCUT2D eigenvalue weighted by Gasteiger charge is -2.37. The van der Waals surface area contributed by atoms with Gasteiger partial charge in [-0.1, -0.05) is 6.92 Å². The molecule has 1 unspecified atom stereocenters. The van der Waals surface area contributed by atoms with E-state index in [2.05, 4.69) is 23.6 Å². The summed E-state index contributed by atoms with van der Waals surface area (Å²) >= 11 is 0. The van der Waals surface area contributed by atoms with Gasteiger partial charge in [-0.3, -0.25) is 14.6 Å². The molecule has 4 aliphatic heterocycles. The van der Waals surface area contributed by atoms with Crippen LogP contribution in [0.15, 0.2) is 23.0 Å². The van der Waals surface area contributed by atoms with Gasteiger partial charge in [0.15, 0.2) is 17.1 Å². The Labute approximate surface area is 232 Å². The lowest BCUT2D eigenvalue weighted by Crippen LogP contribution is -2.48. The summed E-state index contributed by atoms with van der Waals surface area (Å²) in [5.41, 5.74) is 2.74. The lowest BCUT2D eigenvalue weighted by molar-refractivity contribution is -0.172. The molecule has 1 fully saturated rings. The van der Waals surface area contributed by atoms with Crippen molar-refractivity contribution in [2.75, 3.05) is 39.4 Å². The normalized spacial score (nSPS) is 22.3. The first-order chi connectivity index (χ1) is 19.3. The minimum atomic E-state index is -1.86. The smallest absolute Gasteiger partial charge is 0.343 e. The number of aromatic nitrogens is 2. The Morgan fingerprint density at radius 3 is 2.42 bits per heavy atom. The number of nitrogens with zero attached hydrogens (tertiary/aromatic N) is 4. The number of benzene rings is 1. The Bertz CT molecular complexity index is 1610. The number of hydrogen-bond donors (Lipinski definition) is 1. The van der Waals surface area contributed by atoms with Crippen molar-refractivity contribution in [1.82, 2.24) is 19.4 Å². The molecular formula is C30H34N4O6. The summed E-state index contributed by atoms with van der Waals surface area (Å²) in [5, 5.41) is 12.2. The number of carbonyl (C=O) groups excluding carboxylic acids is 1. The van der Waals surface area contributed by atoms with Crippen molar-refractivity contribution in [1.29, 1.82) is 0 Å². The molecule has 0 saturated carbocycles. The highest BCUT2D eigenvalue weighted by atomic mass is 16.6. The van der Waals surface area contributed by atoms with Gasteiger partial charge in [0.1, 0.15) is 19.8 Å². The van der Waals surface area contributed by atoms with Crippen molar-refractivity contribution in [3.63, 3.8) is 0 Å². The molecule has 1 saturated heterocycles. The van der Waals surface area contributed by atoms with E-state index in [-0.39, 0.29) is 18.6 Å². The number of aliphatic hydroxyl groups is 1. The van der Waals surface area contributed by atoms with Crippen molar-refractivity contribution in [2.24, 2.45) is 0 Å². The summed E-state index contributed by atoms with van der Waals surface area (Å²) in [7, 11) is 0. The van der Waals surface area contributed by atoms with Crippen molar-refractivity contribution < 1.29 is 24.1 Å². The molecule has 6 heterocycles. The van der Waals surface area contributed by atoms with Crippen molar-refractivity contribution in [3.05, 3.63) is 50.8 Å². The zero-order chi connectivity index (χ0) is 27.8. The number of carbonyl (C=O) groups is 1. The van der Waals surface area contributed by atoms with E-state index in [1.54, 1.807) is 17.6 Å². The van der Waals surface area contributed by atoms with Gasteiger partial charge >= 0.3 is 5.97 Å². The fourth-order valence-electron chi connectivity index (χ4n) is 6.54. The summed E-state index contributed by atoms with van der Waals surface area (Å²) in [6.45, 7) is 12.0. The van der Waals surface area contributed by atoms with E-state index in [1.165, 1.54) is 0 Å². The zero-order valence-electron chi connectivity index (χ0n) is 23.2. The molecule has 2 aromatic heterocycles. The Balaban J connectivity index is 1.39. The summed E-state index contributed by atoms with van der Waals surface area (Å²) in [4.78, 5) is 36.4. The van der Waals surface area contributed by atoms with Crippen LogP contribution < -0.4 is 15.0 Å². The van der Waals surface area contributed by atoms with Crippen LogP contribution in [-0.4, -0.2) is 75.9 Å². The van der Waals surface area contributed by atoms with Crippen LogP contribution in [0.2, 0.25) is 0 Å². The predicted octanol–water partition coefficient (Wildman–Crippen LogP) is 2.38. The molecule has 0 radical (unpaired) electrons. The number of ether oxygens (including phenoxy) is 3. The topological polar surface area (TPSA) is 106 Å². The number of pyridine rings is 2. The zero-order valence-corrected chi connectivity index (χ0v) is 23.2. The van der Waals surface area contributed by atoms with E-state index in [9.17, 15) is 14.7 Å². The third-order valence-electron chi connectivity index (χ3n) is 8.99. The Morgan fingerprint density at radius 1 is 1.00 bits per heavy atom. The number of rotatable bonds is 4. The molecule has 40 heavy (non-hydrogen) atoms. The van der Waals surface area contributed by atoms with Crippen molar-refractivity contribution in [3.8, 4) is 22.9 Å². The van der Waals surface area contributed by atoms with Crippen molar-refractivity contribution in [2.45, 2.75) is 58.5 Å². The molecule has 7 rings (SSSR count).